The highest BCUT2D eigenvalue weighted by Gasteiger charge is 2.21. The number of nitrogens with one attached hydrogen (secondary N) is 1. The van der Waals surface area contributed by atoms with Gasteiger partial charge in [-0.2, -0.15) is 0 Å². The van der Waals surface area contributed by atoms with Crippen molar-refractivity contribution < 1.29 is 14.7 Å². The molecule has 0 aliphatic carbocycles. The summed E-state index contributed by atoms with van der Waals surface area (Å²) in [5.74, 6) is 0.371. The van der Waals surface area contributed by atoms with Gasteiger partial charge in [0.25, 0.3) is 0 Å². The molecule has 0 atom stereocenters. The average Bonchev–Trinajstić information content (AvgIpc) is 2.59. The molecule has 120 valence electrons. The molecule has 2 N–H and O–H groups in total. The van der Waals surface area contributed by atoms with Gasteiger partial charge in [-0.3, -0.25) is 4.79 Å². The van der Waals surface area contributed by atoms with Crippen LogP contribution in [0.4, 0.5) is 10.5 Å². The quantitative estimate of drug-likeness (QED) is 0.848. The maximum Gasteiger partial charge on any atom is 0.404 e. The summed E-state index contributed by atoms with van der Waals surface area (Å²) in [6.45, 7) is 2.22. The van der Waals surface area contributed by atoms with Gasteiger partial charge in [0.05, 0.1) is 11.2 Å². The summed E-state index contributed by atoms with van der Waals surface area (Å²) < 4.78 is 0. The zero-order chi connectivity index (χ0) is 16.2. The van der Waals surface area contributed by atoms with Crippen LogP contribution in [0.2, 0.25) is 0 Å². The van der Waals surface area contributed by atoms with E-state index in [9.17, 15) is 9.59 Å². The van der Waals surface area contributed by atoms with Crippen LogP contribution in [0.1, 0.15) is 23.3 Å². The highest BCUT2D eigenvalue weighted by molar-refractivity contribution is 5.92. The largest absolute Gasteiger partial charge is 0.465 e. The number of hydrogen-bond acceptors (Lipinski definition) is 4. The fourth-order valence-electron chi connectivity index (χ4n) is 3.08. The van der Waals surface area contributed by atoms with Crippen LogP contribution in [0.5, 0.6) is 0 Å². The van der Waals surface area contributed by atoms with E-state index in [1.165, 1.54) is 0 Å². The Morgan fingerprint density at radius 2 is 2.09 bits per heavy atom. The molecular formula is C17H19N3O3. The van der Waals surface area contributed by atoms with E-state index in [0.717, 1.165) is 48.8 Å². The monoisotopic (exact) mass is 313 g/mol. The summed E-state index contributed by atoms with van der Waals surface area (Å²) in [6, 6.07) is 9.66. The Morgan fingerprint density at radius 3 is 2.78 bits per heavy atom. The van der Waals surface area contributed by atoms with Gasteiger partial charge in [-0.25, -0.2) is 9.78 Å². The number of aromatic nitrogens is 1. The van der Waals surface area contributed by atoms with Crippen molar-refractivity contribution in [2.45, 2.75) is 12.8 Å². The number of fused-ring (bicyclic) bond motifs is 1. The van der Waals surface area contributed by atoms with Crippen LogP contribution in [0, 0.1) is 5.92 Å². The van der Waals surface area contributed by atoms with Crippen molar-refractivity contribution in [2.75, 3.05) is 24.5 Å². The Kier molecular flexibility index (Phi) is 4.41. The molecule has 6 heteroatoms. The van der Waals surface area contributed by atoms with Gasteiger partial charge in [0.15, 0.2) is 6.29 Å². The molecule has 0 radical (unpaired) electrons. The first kappa shape index (κ1) is 15.3. The smallest absolute Gasteiger partial charge is 0.404 e. The third-order valence-corrected chi connectivity index (χ3v) is 4.34. The molecule has 0 spiro atoms. The van der Waals surface area contributed by atoms with E-state index in [4.69, 9.17) is 5.11 Å². The number of benzene rings is 1. The van der Waals surface area contributed by atoms with Gasteiger partial charge < -0.3 is 15.3 Å². The highest BCUT2D eigenvalue weighted by Crippen LogP contribution is 2.29. The van der Waals surface area contributed by atoms with Crippen LogP contribution in [0.15, 0.2) is 30.3 Å². The van der Waals surface area contributed by atoms with E-state index in [0.29, 0.717) is 18.2 Å². The van der Waals surface area contributed by atoms with Crippen LogP contribution < -0.4 is 10.2 Å². The van der Waals surface area contributed by atoms with E-state index >= 15 is 0 Å². The predicted molar refractivity (Wildman–Crippen MR) is 88.1 cm³/mol. The molecule has 1 aromatic carbocycles. The molecule has 2 aromatic rings. The van der Waals surface area contributed by atoms with Crippen molar-refractivity contribution in [1.29, 1.82) is 0 Å². The van der Waals surface area contributed by atoms with Gasteiger partial charge >= 0.3 is 6.09 Å². The summed E-state index contributed by atoms with van der Waals surface area (Å²) in [5.41, 5.74) is 2.32. The normalized spacial score (nSPS) is 15.6. The summed E-state index contributed by atoms with van der Waals surface area (Å²) in [4.78, 5) is 28.3. The molecule has 1 aromatic heterocycles. The molecule has 23 heavy (non-hydrogen) atoms. The molecule has 0 bridgehead atoms. The van der Waals surface area contributed by atoms with Gasteiger partial charge in [-0.05, 0) is 30.9 Å². The summed E-state index contributed by atoms with van der Waals surface area (Å²) in [7, 11) is 0. The number of pyridine rings is 1. The SMILES string of the molecule is O=Cc1ccc2cccc(N3CCC(CNC(=O)O)CC3)c2n1. The molecule has 2 heterocycles. The van der Waals surface area contributed by atoms with Crippen LogP contribution in [0.25, 0.3) is 10.9 Å². The number of rotatable bonds is 4. The number of aldehydes is 1. The standard InChI is InChI=1S/C17H19N3O3/c21-11-14-5-4-13-2-1-3-15(16(13)19-14)20-8-6-12(7-9-20)10-18-17(22)23/h1-5,11-12,18H,6-10H2,(H,22,23). The lowest BCUT2D eigenvalue weighted by Crippen LogP contribution is -2.38. The second kappa shape index (κ2) is 6.64. The maximum absolute atomic E-state index is 11.0. The second-order valence-corrected chi connectivity index (χ2v) is 5.82. The molecule has 3 rings (SSSR count). The van der Waals surface area contributed by atoms with Gasteiger partial charge in [-0.15, -0.1) is 0 Å². The lowest BCUT2D eigenvalue weighted by molar-refractivity contribution is 0.111. The van der Waals surface area contributed by atoms with Crippen molar-refractivity contribution in [3.63, 3.8) is 0 Å². The summed E-state index contributed by atoms with van der Waals surface area (Å²) in [5, 5.41) is 12.2. The van der Waals surface area contributed by atoms with Crippen molar-refractivity contribution in [3.8, 4) is 0 Å². The summed E-state index contributed by atoms with van der Waals surface area (Å²) in [6.07, 6.45) is 1.67. The number of carbonyl (C=O) groups is 2. The predicted octanol–water partition coefficient (Wildman–Crippen LogP) is 2.53. The number of piperidine rings is 1. The topological polar surface area (TPSA) is 82.5 Å². The van der Waals surface area contributed by atoms with Gasteiger partial charge in [0, 0.05) is 25.0 Å². The van der Waals surface area contributed by atoms with Crippen LogP contribution >= 0.6 is 0 Å². The first-order chi connectivity index (χ1) is 11.2. The lowest BCUT2D eigenvalue weighted by Gasteiger charge is -2.34. The van der Waals surface area contributed by atoms with Crippen molar-refractivity contribution in [3.05, 3.63) is 36.0 Å². The Labute approximate surface area is 134 Å². The average molecular weight is 313 g/mol. The van der Waals surface area contributed by atoms with Gasteiger partial charge in [0.1, 0.15) is 5.69 Å². The van der Waals surface area contributed by atoms with E-state index in [2.05, 4.69) is 15.2 Å². The minimum Gasteiger partial charge on any atom is -0.465 e. The lowest BCUT2D eigenvalue weighted by atomic mass is 9.96. The molecule has 0 saturated carbocycles. The molecule has 0 unspecified atom stereocenters. The Hall–Kier alpha value is -2.63. The molecule has 1 aliphatic rings. The fraction of sp³-hybridized carbons (Fsp3) is 0.353. The van der Waals surface area contributed by atoms with Gasteiger partial charge in [0.2, 0.25) is 0 Å². The molecule has 1 saturated heterocycles. The van der Waals surface area contributed by atoms with Crippen molar-refractivity contribution >= 4 is 29.0 Å². The highest BCUT2D eigenvalue weighted by atomic mass is 16.4. The number of anilines is 1. The fourth-order valence-corrected chi connectivity index (χ4v) is 3.08. The Balaban J connectivity index is 1.76. The van der Waals surface area contributed by atoms with Crippen LogP contribution in [0.3, 0.4) is 0 Å². The van der Waals surface area contributed by atoms with Crippen LogP contribution in [-0.4, -0.2) is 42.1 Å². The van der Waals surface area contributed by atoms with E-state index in [1.807, 2.05) is 24.3 Å². The van der Waals surface area contributed by atoms with Gasteiger partial charge in [-0.1, -0.05) is 18.2 Å². The third kappa shape index (κ3) is 3.41. The number of carboxylic acid groups (broad SMARTS) is 1. The Bertz CT molecular complexity index is 724. The molecular weight excluding hydrogens is 294 g/mol. The van der Waals surface area contributed by atoms with E-state index in [-0.39, 0.29) is 0 Å². The molecule has 6 nitrogen and oxygen atoms in total. The minimum absolute atomic E-state index is 0.371. The molecule has 1 fully saturated rings. The number of para-hydroxylation sites is 1. The third-order valence-electron chi connectivity index (χ3n) is 4.34. The number of hydrogen-bond donors (Lipinski definition) is 2. The second-order valence-electron chi connectivity index (χ2n) is 5.82. The van der Waals surface area contributed by atoms with Crippen molar-refractivity contribution in [1.82, 2.24) is 10.3 Å². The summed E-state index contributed by atoms with van der Waals surface area (Å²) >= 11 is 0. The van der Waals surface area contributed by atoms with Crippen molar-refractivity contribution in [2.24, 2.45) is 5.92 Å². The van der Waals surface area contributed by atoms with E-state index in [1.54, 1.807) is 6.07 Å². The molecule has 1 aliphatic heterocycles. The number of carbonyl (C=O) groups excluding carboxylic acids is 1. The zero-order valence-electron chi connectivity index (χ0n) is 12.7. The number of nitrogens with zero attached hydrogens (tertiary/aromatic N) is 2. The van der Waals surface area contributed by atoms with Crippen LogP contribution in [-0.2, 0) is 0 Å². The van der Waals surface area contributed by atoms with E-state index < -0.39 is 6.09 Å². The maximum atomic E-state index is 11.0. The first-order valence-electron chi connectivity index (χ1n) is 7.74. The molecule has 1 amide bonds. The zero-order valence-corrected chi connectivity index (χ0v) is 12.7. The Morgan fingerprint density at radius 1 is 1.30 bits per heavy atom. The minimum atomic E-state index is -0.966. The number of amides is 1. The first-order valence-corrected chi connectivity index (χ1v) is 7.74.